The van der Waals surface area contributed by atoms with E-state index in [0.717, 1.165) is 0 Å². The highest BCUT2D eigenvalue weighted by molar-refractivity contribution is 6.29. The number of nitrogens with zero attached hydrogens (tertiary/aromatic N) is 2. The maximum atomic E-state index is 11.4. The van der Waals surface area contributed by atoms with Gasteiger partial charge in [0.15, 0.2) is 5.15 Å². The Morgan fingerprint density at radius 2 is 2.50 bits per heavy atom. The third kappa shape index (κ3) is 3.36. The molecule has 0 fully saturated rings. The van der Waals surface area contributed by atoms with Gasteiger partial charge in [0.25, 0.3) is 5.56 Å². The average molecular weight is 239 g/mol. The van der Waals surface area contributed by atoms with Gasteiger partial charge in [-0.3, -0.25) is 4.79 Å². The molecule has 2 N–H and O–H groups in total. The molecule has 6 heteroatoms. The SMILES string of the molecule is C=C/C=C(\N=C/C)Nc1cc(Cl)n[nH]c1=O. The van der Waals surface area contributed by atoms with Crippen molar-refractivity contribution in [2.75, 3.05) is 5.32 Å². The molecule has 1 rings (SSSR count). The number of anilines is 1. The smallest absolute Gasteiger partial charge is 0.287 e. The largest absolute Gasteiger partial charge is 0.336 e. The number of aromatic nitrogens is 2. The van der Waals surface area contributed by atoms with Gasteiger partial charge in [0.1, 0.15) is 11.5 Å². The summed E-state index contributed by atoms with van der Waals surface area (Å²) in [5, 5.41) is 8.81. The van der Waals surface area contributed by atoms with E-state index < -0.39 is 0 Å². The number of H-pyrrole nitrogens is 1. The molecule has 0 aromatic carbocycles. The van der Waals surface area contributed by atoms with E-state index in [1.807, 2.05) is 0 Å². The van der Waals surface area contributed by atoms with Crippen LogP contribution in [0.25, 0.3) is 0 Å². The van der Waals surface area contributed by atoms with Gasteiger partial charge in [-0.15, -0.1) is 0 Å². The topological polar surface area (TPSA) is 70.1 Å². The van der Waals surface area contributed by atoms with Crippen molar-refractivity contribution < 1.29 is 0 Å². The highest BCUT2D eigenvalue weighted by Crippen LogP contribution is 2.09. The zero-order valence-corrected chi connectivity index (χ0v) is 9.45. The number of halogens is 1. The molecular formula is C10H11ClN4O. The highest BCUT2D eigenvalue weighted by Gasteiger charge is 2.02. The first kappa shape index (κ1) is 12.2. The number of aromatic amines is 1. The van der Waals surface area contributed by atoms with Gasteiger partial charge in [0, 0.05) is 12.3 Å². The molecule has 1 heterocycles. The van der Waals surface area contributed by atoms with E-state index in [2.05, 4.69) is 27.1 Å². The van der Waals surface area contributed by atoms with Crippen LogP contribution in [0, 0.1) is 0 Å². The monoisotopic (exact) mass is 238 g/mol. The zero-order valence-electron chi connectivity index (χ0n) is 8.70. The van der Waals surface area contributed by atoms with Crippen LogP contribution in [-0.4, -0.2) is 16.4 Å². The second-order valence-corrected chi connectivity index (χ2v) is 3.12. The lowest BCUT2D eigenvalue weighted by atomic mass is 10.4. The normalized spacial score (nSPS) is 11.8. The quantitative estimate of drug-likeness (QED) is 0.622. The molecule has 0 amide bonds. The van der Waals surface area contributed by atoms with Gasteiger partial charge in [-0.05, 0) is 13.0 Å². The van der Waals surface area contributed by atoms with Crippen molar-refractivity contribution in [1.82, 2.24) is 10.2 Å². The molecular weight excluding hydrogens is 228 g/mol. The molecule has 16 heavy (non-hydrogen) atoms. The van der Waals surface area contributed by atoms with Crippen LogP contribution in [0.15, 0.2) is 40.4 Å². The molecule has 0 aliphatic rings. The van der Waals surface area contributed by atoms with Crippen LogP contribution in [0.4, 0.5) is 5.69 Å². The molecule has 0 aliphatic heterocycles. The van der Waals surface area contributed by atoms with Gasteiger partial charge < -0.3 is 5.32 Å². The number of allylic oxidation sites excluding steroid dienone is 2. The van der Waals surface area contributed by atoms with Crippen LogP contribution in [0.5, 0.6) is 0 Å². The first-order valence-corrected chi connectivity index (χ1v) is 4.89. The van der Waals surface area contributed by atoms with E-state index in [0.29, 0.717) is 5.82 Å². The van der Waals surface area contributed by atoms with E-state index in [9.17, 15) is 4.79 Å². The highest BCUT2D eigenvalue weighted by atomic mass is 35.5. The Hall–Kier alpha value is -1.88. The number of nitrogens with one attached hydrogen (secondary N) is 2. The second kappa shape index (κ2) is 5.87. The van der Waals surface area contributed by atoms with Crippen LogP contribution in [0.2, 0.25) is 5.15 Å². The lowest BCUT2D eigenvalue weighted by Gasteiger charge is -2.04. The van der Waals surface area contributed by atoms with E-state index in [1.165, 1.54) is 6.07 Å². The fraction of sp³-hybridized carbons (Fsp3) is 0.100. The summed E-state index contributed by atoms with van der Waals surface area (Å²) >= 11 is 5.66. The lowest BCUT2D eigenvalue weighted by Crippen LogP contribution is -2.14. The van der Waals surface area contributed by atoms with Crippen molar-refractivity contribution in [3.63, 3.8) is 0 Å². The second-order valence-electron chi connectivity index (χ2n) is 2.73. The first-order valence-electron chi connectivity index (χ1n) is 4.51. The van der Waals surface area contributed by atoms with Crippen LogP contribution in [-0.2, 0) is 0 Å². The third-order valence-corrected chi connectivity index (χ3v) is 1.77. The van der Waals surface area contributed by atoms with Gasteiger partial charge in [0.2, 0.25) is 0 Å². The number of hydrogen-bond acceptors (Lipinski definition) is 4. The molecule has 0 spiro atoms. The van der Waals surface area contributed by atoms with Crippen molar-refractivity contribution in [1.29, 1.82) is 0 Å². The number of rotatable bonds is 4. The minimum absolute atomic E-state index is 0.195. The van der Waals surface area contributed by atoms with Crippen molar-refractivity contribution in [3.8, 4) is 0 Å². The van der Waals surface area contributed by atoms with Gasteiger partial charge in [-0.25, -0.2) is 10.1 Å². The van der Waals surface area contributed by atoms with Gasteiger partial charge in [-0.1, -0.05) is 24.3 Å². The fourth-order valence-corrected chi connectivity index (χ4v) is 1.13. The molecule has 0 saturated heterocycles. The maximum Gasteiger partial charge on any atom is 0.287 e. The maximum absolute atomic E-state index is 11.4. The minimum Gasteiger partial charge on any atom is -0.336 e. The van der Waals surface area contributed by atoms with Crippen LogP contribution < -0.4 is 10.9 Å². The fourth-order valence-electron chi connectivity index (χ4n) is 0.980. The Balaban J connectivity index is 3.02. The van der Waals surface area contributed by atoms with Crippen molar-refractivity contribution >= 4 is 23.5 Å². The summed E-state index contributed by atoms with van der Waals surface area (Å²) < 4.78 is 0. The summed E-state index contributed by atoms with van der Waals surface area (Å²) in [6, 6.07) is 1.42. The molecule has 84 valence electrons. The Bertz CT molecular complexity index is 490. The molecule has 1 aromatic rings. The zero-order chi connectivity index (χ0) is 12.0. The van der Waals surface area contributed by atoms with Crippen molar-refractivity contribution in [2.45, 2.75) is 6.92 Å². The lowest BCUT2D eigenvalue weighted by molar-refractivity contribution is 0.988. The Morgan fingerprint density at radius 1 is 1.75 bits per heavy atom. The predicted molar refractivity (Wildman–Crippen MR) is 65.9 cm³/mol. The van der Waals surface area contributed by atoms with Gasteiger partial charge in [0.05, 0.1) is 0 Å². The molecule has 0 radical (unpaired) electrons. The third-order valence-electron chi connectivity index (χ3n) is 1.58. The molecule has 5 nitrogen and oxygen atoms in total. The van der Waals surface area contributed by atoms with Gasteiger partial charge >= 0.3 is 0 Å². The van der Waals surface area contributed by atoms with E-state index in [1.54, 1.807) is 25.3 Å². The number of hydrogen-bond donors (Lipinski definition) is 2. The average Bonchev–Trinajstić information content (AvgIpc) is 2.24. The van der Waals surface area contributed by atoms with E-state index >= 15 is 0 Å². The molecule has 0 unspecified atom stereocenters. The first-order chi connectivity index (χ1) is 7.67. The van der Waals surface area contributed by atoms with Crippen LogP contribution in [0.1, 0.15) is 6.92 Å². The molecule has 0 saturated carbocycles. The van der Waals surface area contributed by atoms with E-state index in [-0.39, 0.29) is 16.4 Å². The standard InChI is InChI=1S/C10H11ClN4O/c1-3-5-9(12-4-2)13-7-6-8(11)14-15-10(7)16/h3-6H,1H2,2H3,(H,13,14)(H,15,16)/b9-5+,12-4-. The molecule has 0 bridgehead atoms. The van der Waals surface area contributed by atoms with Crippen LogP contribution in [0.3, 0.4) is 0 Å². The molecule has 1 aromatic heterocycles. The van der Waals surface area contributed by atoms with Crippen molar-refractivity contribution in [2.24, 2.45) is 4.99 Å². The summed E-state index contributed by atoms with van der Waals surface area (Å²) in [7, 11) is 0. The Kier molecular flexibility index (Phi) is 4.47. The predicted octanol–water partition coefficient (Wildman–Crippen LogP) is 1.95. The van der Waals surface area contributed by atoms with Crippen molar-refractivity contribution in [3.05, 3.63) is 46.1 Å². The summed E-state index contributed by atoms with van der Waals surface area (Å²) in [6.07, 6.45) is 4.79. The van der Waals surface area contributed by atoms with Gasteiger partial charge in [-0.2, -0.15) is 5.10 Å². The molecule has 0 atom stereocenters. The summed E-state index contributed by atoms with van der Waals surface area (Å²) in [4.78, 5) is 15.4. The number of aliphatic imine (C=N–C) groups is 1. The summed E-state index contributed by atoms with van der Waals surface area (Å²) in [6.45, 7) is 5.32. The summed E-state index contributed by atoms with van der Waals surface area (Å²) in [5.41, 5.74) is -0.0932. The minimum atomic E-state index is -0.370. The Morgan fingerprint density at radius 3 is 3.12 bits per heavy atom. The Labute approximate surface area is 97.6 Å². The van der Waals surface area contributed by atoms with Crippen LogP contribution >= 0.6 is 11.6 Å². The van der Waals surface area contributed by atoms with E-state index in [4.69, 9.17) is 11.6 Å². The molecule has 0 aliphatic carbocycles. The summed E-state index contributed by atoms with van der Waals surface area (Å²) in [5.74, 6) is 0.491.